The third-order valence-electron chi connectivity index (χ3n) is 4.95. The summed E-state index contributed by atoms with van der Waals surface area (Å²) >= 11 is 0. The molecule has 124 valence electrons. The van der Waals surface area contributed by atoms with Crippen molar-refractivity contribution in [1.29, 1.82) is 0 Å². The van der Waals surface area contributed by atoms with E-state index in [2.05, 4.69) is 28.2 Å². The van der Waals surface area contributed by atoms with Crippen molar-refractivity contribution in [3.05, 3.63) is 47.9 Å². The number of nitrogens with one attached hydrogen (secondary N) is 1. The van der Waals surface area contributed by atoms with Crippen LogP contribution < -0.4 is 5.73 Å². The van der Waals surface area contributed by atoms with Gasteiger partial charge in [-0.2, -0.15) is 5.10 Å². The van der Waals surface area contributed by atoms with E-state index in [4.69, 9.17) is 5.73 Å². The molecule has 1 aliphatic carbocycles. The van der Waals surface area contributed by atoms with Crippen LogP contribution in [0.4, 0.5) is 5.82 Å². The number of imidazole rings is 1. The van der Waals surface area contributed by atoms with Crippen molar-refractivity contribution in [1.82, 2.24) is 19.6 Å². The lowest BCUT2D eigenvalue weighted by Gasteiger charge is -2.09. The summed E-state index contributed by atoms with van der Waals surface area (Å²) in [6.45, 7) is 2.07. The molecule has 0 radical (unpaired) electrons. The van der Waals surface area contributed by atoms with Crippen LogP contribution in [0.5, 0.6) is 0 Å². The van der Waals surface area contributed by atoms with Gasteiger partial charge in [0.25, 0.3) is 0 Å². The summed E-state index contributed by atoms with van der Waals surface area (Å²) < 4.78 is 1.84. The molecule has 1 aliphatic rings. The number of nitrogen functional groups attached to an aromatic ring is 1. The first-order valence-corrected chi connectivity index (χ1v) is 8.38. The van der Waals surface area contributed by atoms with Gasteiger partial charge >= 0.3 is 0 Å². The molecule has 4 aromatic rings. The fourth-order valence-electron chi connectivity index (χ4n) is 3.50. The minimum Gasteiger partial charge on any atom is -0.382 e. The average molecular weight is 331 g/mol. The Morgan fingerprint density at radius 1 is 1.28 bits per heavy atom. The van der Waals surface area contributed by atoms with Crippen molar-refractivity contribution in [2.24, 2.45) is 5.92 Å². The maximum Gasteiger partial charge on any atom is 0.186 e. The summed E-state index contributed by atoms with van der Waals surface area (Å²) in [7, 11) is 0. The molecule has 0 saturated heterocycles. The third kappa shape index (κ3) is 2.07. The number of aromatic nitrogens is 4. The smallest absolute Gasteiger partial charge is 0.186 e. The number of pyridine rings is 1. The summed E-state index contributed by atoms with van der Waals surface area (Å²) in [5.74, 6) is 0.512. The standard InChI is InChI=1S/C19H17N5O/c1-10-2-6-14-13(8-21-23-14)16(10)12-5-7-15-22-19(20)17(24(15)9-12)18(25)11-3-4-11/h2,5-9,11H,3-4,20H2,1H3,(H,21,23). The zero-order chi connectivity index (χ0) is 17.1. The highest BCUT2D eigenvalue weighted by atomic mass is 16.1. The quantitative estimate of drug-likeness (QED) is 0.563. The number of benzene rings is 1. The number of aryl methyl sites for hydroxylation is 1. The lowest BCUT2D eigenvalue weighted by molar-refractivity contribution is 0.0963. The van der Waals surface area contributed by atoms with E-state index in [-0.39, 0.29) is 11.7 Å². The maximum absolute atomic E-state index is 12.6. The van der Waals surface area contributed by atoms with Gasteiger partial charge in [0.1, 0.15) is 11.3 Å². The highest BCUT2D eigenvalue weighted by molar-refractivity contribution is 6.03. The van der Waals surface area contributed by atoms with Crippen LogP contribution in [0.1, 0.15) is 28.9 Å². The minimum atomic E-state index is 0.0976. The summed E-state index contributed by atoms with van der Waals surface area (Å²) in [6, 6.07) is 8.02. The molecule has 6 nitrogen and oxygen atoms in total. The molecule has 0 unspecified atom stereocenters. The number of fused-ring (bicyclic) bond motifs is 2. The highest BCUT2D eigenvalue weighted by Crippen LogP contribution is 2.36. The van der Waals surface area contributed by atoms with E-state index in [1.54, 1.807) is 0 Å². The van der Waals surface area contributed by atoms with Gasteiger partial charge in [0.2, 0.25) is 0 Å². The predicted octanol–water partition coefficient (Wildman–Crippen LogP) is 3.36. The number of carbonyl (C=O) groups excluding carboxylic acids is 1. The van der Waals surface area contributed by atoms with Crippen LogP contribution in [-0.2, 0) is 0 Å². The fourth-order valence-corrected chi connectivity index (χ4v) is 3.50. The largest absolute Gasteiger partial charge is 0.382 e. The molecule has 0 bridgehead atoms. The van der Waals surface area contributed by atoms with Crippen molar-refractivity contribution in [3.63, 3.8) is 0 Å². The first kappa shape index (κ1) is 14.2. The third-order valence-corrected chi connectivity index (χ3v) is 4.95. The maximum atomic E-state index is 12.6. The van der Waals surface area contributed by atoms with E-state index in [0.717, 1.165) is 40.4 Å². The number of anilines is 1. The van der Waals surface area contributed by atoms with E-state index in [9.17, 15) is 4.79 Å². The Kier molecular flexibility index (Phi) is 2.80. The average Bonchev–Trinajstić information content (AvgIpc) is 3.25. The zero-order valence-electron chi connectivity index (χ0n) is 13.8. The van der Waals surface area contributed by atoms with E-state index < -0.39 is 0 Å². The second-order valence-corrected chi connectivity index (χ2v) is 6.72. The van der Waals surface area contributed by atoms with Crippen molar-refractivity contribution in [2.75, 3.05) is 5.73 Å². The molecule has 1 saturated carbocycles. The Balaban J connectivity index is 1.77. The number of H-pyrrole nitrogens is 1. The molecular weight excluding hydrogens is 314 g/mol. The van der Waals surface area contributed by atoms with Gasteiger partial charge in [0.15, 0.2) is 11.6 Å². The molecule has 0 spiro atoms. The van der Waals surface area contributed by atoms with E-state index in [1.165, 1.54) is 0 Å². The number of hydrogen-bond acceptors (Lipinski definition) is 4. The number of rotatable bonds is 3. The molecule has 6 heteroatoms. The number of Topliss-reactive ketones (excluding diaryl/α,β-unsaturated/α-hetero) is 1. The van der Waals surface area contributed by atoms with Crippen LogP contribution in [0.3, 0.4) is 0 Å². The van der Waals surface area contributed by atoms with Gasteiger partial charge in [0, 0.05) is 17.5 Å². The summed E-state index contributed by atoms with van der Waals surface area (Å²) in [6.07, 6.45) is 5.68. The molecule has 0 atom stereocenters. The van der Waals surface area contributed by atoms with Gasteiger partial charge in [-0.1, -0.05) is 6.07 Å². The molecule has 0 amide bonds. The van der Waals surface area contributed by atoms with E-state index in [1.807, 2.05) is 35.0 Å². The molecule has 25 heavy (non-hydrogen) atoms. The van der Waals surface area contributed by atoms with Crippen molar-refractivity contribution in [3.8, 4) is 11.1 Å². The van der Waals surface area contributed by atoms with Crippen LogP contribution >= 0.6 is 0 Å². The zero-order valence-corrected chi connectivity index (χ0v) is 13.8. The van der Waals surface area contributed by atoms with Crippen molar-refractivity contribution >= 4 is 28.2 Å². The van der Waals surface area contributed by atoms with Crippen LogP contribution in [0, 0.1) is 12.8 Å². The summed E-state index contributed by atoms with van der Waals surface area (Å²) in [5, 5.41) is 8.22. The van der Waals surface area contributed by atoms with E-state index in [0.29, 0.717) is 17.2 Å². The number of nitrogens with two attached hydrogens (primary N) is 1. The molecule has 3 heterocycles. The SMILES string of the molecule is Cc1ccc2[nH]ncc2c1-c1ccc2nc(N)c(C(=O)C3CC3)n2c1. The molecule has 3 aromatic heterocycles. The Labute approximate surface area is 143 Å². The molecule has 1 fully saturated rings. The monoisotopic (exact) mass is 331 g/mol. The van der Waals surface area contributed by atoms with Gasteiger partial charge in [-0.05, 0) is 54.7 Å². The van der Waals surface area contributed by atoms with Crippen LogP contribution in [0.2, 0.25) is 0 Å². The topological polar surface area (TPSA) is 89.1 Å². The number of ketones is 1. The fraction of sp³-hybridized carbons (Fsp3) is 0.211. The van der Waals surface area contributed by atoms with Crippen molar-refractivity contribution < 1.29 is 4.79 Å². The second-order valence-electron chi connectivity index (χ2n) is 6.72. The van der Waals surface area contributed by atoms with Gasteiger partial charge in [-0.3, -0.25) is 14.3 Å². The second kappa shape index (κ2) is 4.92. The molecule has 0 aliphatic heterocycles. The normalized spacial score (nSPS) is 14.4. The number of carbonyl (C=O) groups is 1. The molecular formula is C19H17N5O. The lowest BCUT2D eigenvalue weighted by atomic mass is 9.98. The van der Waals surface area contributed by atoms with Gasteiger partial charge < -0.3 is 5.73 Å². The lowest BCUT2D eigenvalue weighted by Crippen LogP contribution is -2.08. The Bertz CT molecular complexity index is 1150. The van der Waals surface area contributed by atoms with Crippen LogP contribution in [0.25, 0.3) is 27.7 Å². The summed E-state index contributed by atoms with van der Waals surface area (Å²) in [4.78, 5) is 17.0. The molecule has 1 aromatic carbocycles. The highest BCUT2D eigenvalue weighted by Gasteiger charge is 2.34. The Morgan fingerprint density at radius 2 is 2.12 bits per heavy atom. The first-order chi connectivity index (χ1) is 12.1. The minimum absolute atomic E-state index is 0.0976. The summed E-state index contributed by atoms with van der Waals surface area (Å²) in [5.41, 5.74) is 11.5. The Morgan fingerprint density at radius 3 is 2.92 bits per heavy atom. The van der Waals surface area contributed by atoms with Crippen molar-refractivity contribution in [2.45, 2.75) is 19.8 Å². The van der Waals surface area contributed by atoms with Gasteiger partial charge in [-0.25, -0.2) is 4.98 Å². The number of hydrogen-bond donors (Lipinski definition) is 2. The Hall–Kier alpha value is -3.15. The van der Waals surface area contributed by atoms with Crippen LogP contribution in [-0.4, -0.2) is 25.4 Å². The molecule has 5 rings (SSSR count). The van der Waals surface area contributed by atoms with Gasteiger partial charge in [0.05, 0.1) is 11.7 Å². The molecule has 3 N–H and O–H groups in total. The van der Waals surface area contributed by atoms with E-state index >= 15 is 0 Å². The van der Waals surface area contributed by atoms with Gasteiger partial charge in [-0.15, -0.1) is 0 Å². The first-order valence-electron chi connectivity index (χ1n) is 8.38. The number of aromatic amines is 1. The number of nitrogens with zero attached hydrogens (tertiary/aromatic N) is 3. The van der Waals surface area contributed by atoms with Crippen LogP contribution in [0.15, 0.2) is 36.7 Å². The predicted molar refractivity (Wildman–Crippen MR) is 96.5 cm³/mol.